The van der Waals surface area contributed by atoms with E-state index < -0.39 is 0 Å². The van der Waals surface area contributed by atoms with Crippen molar-refractivity contribution in [2.24, 2.45) is 0 Å². The van der Waals surface area contributed by atoms with E-state index in [1.807, 2.05) is 0 Å². The van der Waals surface area contributed by atoms with Crippen LogP contribution in [-0.2, 0) is 0 Å². The Balaban J connectivity index is 1.82. The van der Waals surface area contributed by atoms with E-state index in [0.29, 0.717) is 5.92 Å². The number of aromatic nitrogens is 1. The lowest BCUT2D eigenvalue weighted by atomic mass is 9.94. The number of halogens is 1. The molecule has 0 aliphatic carbocycles. The second-order valence-corrected chi connectivity index (χ2v) is 7.73. The molecule has 26 heavy (non-hydrogen) atoms. The maximum atomic E-state index is 3.55. The minimum atomic E-state index is 0.377. The van der Waals surface area contributed by atoms with Gasteiger partial charge in [0.15, 0.2) is 0 Å². The average Bonchev–Trinajstić information content (AvgIpc) is 3.21. The van der Waals surface area contributed by atoms with E-state index in [1.54, 1.807) is 0 Å². The summed E-state index contributed by atoms with van der Waals surface area (Å²) in [4.78, 5) is 0. The van der Waals surface area contributed by atoms with Gasteiger partial charge in [0.1, 0.15) is 0 Å². The van der Waals surface area contributed by atoms with Crippen LogP contribution >= 0.6 is 15.9 Å². The molecule has 0 fully saturated rings. The van der Waals surface area contributed by atoms with Gasteiger partial charge < -0.3 is 4.57 Å². The normalized spacial score (nSPS) is 14.9. The molecule has 1 nitrogen and oxygen atoms in total. The molecule has 1 aromatic heterocycles. The highest BCUT2D eigenvalue weighted by atomic mass is 79.9. The standard InChI is InChI=1S/C24H18BrN/c1-16-20-9-5-6-10-22(20)26-23(18-7-3-2-4-8-18)15-21(24(16)26)17-11-13-19(25)14-12-17/h2-16H,1H3. The quantitative estimate of drug-likeness (QED) is 0.340. The fraction of sp³-hybridized carbons (Fsp3) is 0.0833. The van der Waals surface area contributed by atoms with Crippen LogP contribution in [0.25, 0.3) is 28.1 Å². The molecule has 0 radical (unpaired) electrons. The number of hydrogen-bond acceptors (Lipinski definition) is 0. The Kier molecular flexibility index (Phi) is 3.61. The highest BCUT2D eigenvalue weighted by molar-refractivity contribution is 9.10. The molecule has 4 aromatic rings. The molecule has 2 heteroatoms. The first-order chi connectivity index (χ1) is 12.7. The fourth-order valence-corrected chi connectivity index (χ4v) is 4.36. The van der Waals surface area contributed by atoms with Crippen LogP contribution in [-0.4, -0.2) is 4.57 Å². The fourth-order valence-electron chi connectivity index (χ4n) is 4.10. The van der Waals surface area contributed by atoms with Gasteiger partial charge in [-0.2, -0.15) is 0 Å². The van der Waals surface area contributed by atoms with Gasteiger partial charge in [0.25, 0.3) is 0 Å². The minimum Gasteiger partial charge on any atom is -0.312 e. The van der Waals surface area contributed by atoms with Gasteiger partial charge in [-0.25, -0.2) is 0 Å². The molecule has 0 N–H and O–H groups in total. The second kappa shape index (κ2) is 6.00. The summed E-state index contributed by atoms with van der Waals surface area (Å²) in [7, 11) is 0. The van der Waals surface area contributed by atoms with E-state index in [0.717, 1.165) is 4.47 Å². The Bertz CT molecular complexity index is 1090. The summed E-state index contributed by atoms with van der Waals surface area (Å²) in [6, 6.07) is 30.4. The van der Waals surface area contributed by atoms with Crippen molar-refractivity contribution in [3.05, 3.63) is 101 Å². The third kappa shape index (κ3) is 2.29. The van der Waals surface area contributed by atoms with Crippen LogP contribution in [0.3, 0.4) is 0 Å². The monoisotopic (exact) mass is 399 g/mol. The first kappa shape index (κ1) is 15.7. The summed E-state index contributed by atoms with van der Waals surface area (Å²) >= 11 is 3.55. The number of rotatable bonds is 2. The molecule has 2 heterocycles. The van der Waals surface area contributed by atoms with E-state index in [-0.39, 0.29) is 0 Å². The van der Waals surface area contributed by atoms with Gasteiger partial charge >= 0.3 is 0 Å². The summed E-state index contributed by atoms with van der Waals surface area (Å²) in [5.74, 6) is 0.377. The van der Waals surface area contributed by atoms with Crippen LogP contribution < -0.4 is 0 Å². The van der Waals surface area contributed by atoms with E-state index in [2.05, 4.69) is 112 Å². The molecule has 0 bridgehead atoms. The molecule has 0 saturated carbocycles. The maximum Gasteiger partial charge on any atom is 0.0538 e. The highest BCUT2D eigenvalue weighted by Gasteiger charge is 2.31. The number of para-hydroxylation sites is 1. The molecule has 126 valence electrons. The Labute approximate surface area is 162 Å². The smallest absolute Gasteiger partial charge is 0.0538 e. The zero-order valence-electron chi connectivity index (χ0n) is 14.5. The summed E-state index contributed by atoms with van der Waals surface area (Å²) in [6.07, 6.45) is 0. The lowest BCUT2D eigenvalue weighted by Crippen LogP contribution is -1.96. The van der Waals surface area contributed by atoms with Gasteiger partial charge in [-0.15, -0.1) is 0 Å². The molecule has 0 spiro atoms. The second-order valence-electron chi connectivity index (χ2n) is 6.82. The zero-order chi connectivity index (χ0) is 17.7. The van der Waals surface area contributed by atoms with Crippen molar-refractivity contribution in [3.8, 4) is 28.1 Å². The Morgan fingerprint density at radius 3 is 2.23 bits per heavy atom. The van der Waals surface area contributed by atoms with Crippen molar-refractivity contribution in [2.45, 2.75) is 12.8 Å². The number of fused-ring (bicyclic) bond motifs is 3. The summed E-state index contributed by atoms with van der Waals surface area (Å²) in [5.41, 5.74) is 9.18. The molecule has 0 amide bonds. The van der Waals surface area contributed by atoms with Crippen LogP contribution in [0.2, 0.25) is 0 Å². The van der Waals surface area contributed by atoms with Gasteiger partial charge in [-0.1, -0.05) is 83.5 Å². The van der Waals surface area contributed by atoms with Crippen molar-refractivity contribution >= 4 is 15.9 Å². The molecule has 1 aliphatic rings. The van der Waals surface area contributed by atoms with Crippen molar-refractivity contribution in [1.29, 1.82) is 0 Å². The molecular formula is C24H18BrN. The van der Waals surface area contributed by atoms with Gasteiger partial charge in [-0.05, 0) is 41.0 Å². The maximum absolute atomic E-state index is 3.55. The number of benzene rings is 3. The van der Waals surface area contributed by atoms with Crippen molar-refractivity contribution < 1.29 is 0 Å². The largest absolute Gasteiger partial charge is 0.312 e. The summed E-state index contributed by atoms with van der Waals surface area (Å²) in [6.45, 7) is 2.31. The first-order valence-electron chi connectivity index (χ1n) is 8.90. The van der Waals surface area contributed by atoms with E-state index in [1.165, 1.54) is 39.3 Å². The first-order valence-corrected chi connectivity index (χ1v) is 9.69. The minimum absolute atomic E-state index is 0.377. The molecule has 1 aliphatic heterocycles. The lowest BCUT2D eigenvalue weighted by Gasteiger charge is -2.09. The topological polar surface area (TPSA) is 4.93 Å². The van der Waals surface area contributed by atoms with Crippen molar-refractivity contribution in [1.82, 2.24) is 4.57 Å². The molecule has 5 rings (SSSR count). The predicted octanol–water partition coefficient (Wildman–Crippen LogP) is 7.04. The Morgan fingerprint density at radius 1 is 0.769 bits per heavy atom. The third-order valence-electron chi connectivity index (χ3n) is 5.32. The molecular weight excluding hydrogens is 382 g/mol. The predicted molar refractivity (Wildman–Crippen MR) is 112 cm³/mol. The third-order valence-corrected chi connectivity index (χ3v) is 5.85. The van der Waals surface area contributed by atoms with Crippen LogP contribution in [0.1, 0.15) is 24.1 Å². The van der Waals surface area contributed by atoms with Gasteiger partial charge in [-0.3, -0.25) is 0 Å². The van der Waals surface area contributed by atoms with E-state index >= 15 is 0 Å². The molecule has 0 saturated heterocycles. The van der Waals surface area contributed by atoms with E-state index in [4.69, 9.17) is 0 Å². The summed E-state index contributed by atoms with van der Waals surface area (Å²) < 4.78 is 3.56. The zero-order valence-corrected chi connectivity index (χ0v) is 16.1. The molecule has 1 unspecified atom stereocenters. The Morgan fingerprint density at radius 2 is 1.46 bits per heavy atom. The van der Waals surface area contributed by atoms with Crippen LogP contribution in [0, 0.1) is 0 Å². The van der Waals surface area contributed by atoms with Crippen molar-refractivity contribution in [2.75, 3.05) is 0 Å². The van der Waals surface area contributed by atoms with Crippen molar-refractivity contribution in [3.63, 3.8) is 0 Å². The van der Waals surface area contributed by atoms with E-state index in [9.17, 15) is 0 Å². The summed E-state index contributed by atoms with van der Waals surface area (Å²) in [5, 5.41) is 0. The van der Waals surface area contributed by atoms with Crippen LogP contribution in [0.15, 0.2) is 89.4 Å². The number of hydrogen-bond donors (Lipinski definition) is 0. The van der Waals surface area contributed by atoms with Gasteiger partial charge in [0, 0.05) is 27.3 Å². The molecule has 1 atom stereocenters. The Hall–Kier alpha value is -2.58. The average molecular weight is 400 g/mol. The highest BCUT2D eigenvalue weighted by Crippen LogP contribution is 2.47. The van der Waals surface area contributed by atoms with Gasteiger partial charge in [0.2, 0.25) is 0 Å². The van der Waals surface area contributed by atoms with Crippen LogP contribution in [0.4, 0.5) is 0 Å². The van der Waals surface area contributed by atoms with Crippen LogP contribution in [0.5, 0.6) is 0 Å². The number of nitrogens with zero attached hydrogens (tertiary/aromatic N) is 1. The van der Waals surface area contributed by atoms with Gasteiger partial charge in [0.05, 0.1) is 5.69 Å². The molecule has 3 aromatic carbocycles. The SMILES string of the molecule is CC1c2ccccc2-n2c(-c3ccccc3)cc(-c3ccc(Br)cc3)c21. The lowest BCUT2D eigenvalue weighted by molar-refractivity contribution is 0.913.